The Morgan fingerprint density at radius 2 is 1.69 bits per heavy atom. The van der Waals surface area contributed by atoms with Crippen LogP contribution in [0, 0.1) is 13.8 Å². The van der Waals surface area contributed by atoms with Gasteiger partial charge in [0.1, 0.15) is 6.10 Å². The molecule has 0 saturated heterocycles. The van der Waals surface area contributed by atoms with Crippen LogP contribution in [0.2, 0.25) is 0 Å². The van der Waals surface area contributed by atoms with Crippen molar-refractivity contribution in [3.8, 4) is 0 Å². The Labute approximate surface area is 96.4 Å². The molecule has 2 rings (SSSR count). The van der Waals surface area contributed by atoms with Crippen LogP contribution in [0.3, 0.4) is 0 Å². The van der Waals surface area contributed by atoms with Gasteiger partial charge in [-0.2, -0.15) is 0 Å². The quantitative estimate of drug-likeness (QED) is 0.808. The lowest BCUT2D eigenvalue weighted by Crippen LogP contribution is -2.00. The molecule has 0 bridgehead atoms. The van der Waals surface area contributed by atoms with Crippen molar-refractivity contribution in [2.75, 3.05) is 0 Å². The fraction of sp³-hybridized carbons (Fsp3) is 0.133. The summed E-state index contributed by atoms with van der Waals surface area (Å²) in [5, 5.41) is 10.2. The van der Waals surface area contributed by atoms with E-state index in [1.165, 1.54) is 0 Å². The maximum Gasteiger partial charge on any atom is 0.104 e. The van der Waals surface area contributed by atoms with Crippen LogP contribution in [0.5, 0.6) is 0 Å². The molecule has 0 aliphatic carbocycles. The van der Waals surface area contributed by atoms with Gasteiger partial charge in [-0.15, -0.1) is 0 Å². The van der Waals surface area contributed by atoms with Crippen molar-refractivity contribution in [1.82, 2.24) is 0 Å². The Hall–Kier alpha value is -1.60. The van der Waals surface area contributed by atoms with E-state index >= 15 is 0 Å². The highest BCUT2D eigenvalue weighted by Gasteiger charge is 2.09. The van der Waals surface area contributed by atoms with Gasteiger partial charge in [0.2, 0.25) is 0 Å². The fourth-order valence-corrected chi connectivity index (χ4v) is 1.72. The zero-order valence-corrected chi connectivity index (χ0v) is 9.35. The first-order chi connectivity index (χ1) is 7.68. The average molecular weight is 211 g/mol. The molecule has 1 nitrogen and oxygen atoms in total. The van der Waals surface area contributed by atoms with Gasteiger partial charge in [0.15, 0.2) is 0 Å². The van der Waals surface area contributed by atoms with E-state index in [1.54, 1.807) is 0 Å². The molecular weight excluding hydrogens is 196 g/mol. The second-order valence-electron chi connectivity index (χ2n) is 4.00. The third-order valence-corrected chi connectivity index (χ3v) is 2.80. The van der Waals surface area contributed by atoms with Crippen molar-refractivity contribution in [2.45, 2.75) is 13.0 Å². The predicted octanol–water partition coefficient (Wildman–Crippen LogP) is 3.26. The van der Waals surface area contributed by atoms with Crippen LogP contribution in [-0.4, -0.2) is 5.11 Å². The number of rotatable bonds is 2. The van der Waals surface area contributed by atoms with Crippen LogP contribution >= 0.6 is 0 Å². The summed E-state index contributed by atoms with van der Waals surface area (Å²) < 4.78 is 0. The largest absolute Gasteiger partial charge is 0.384 e. The van der Waals surface area contributed by atoms with Crippen molar-refractivity contribution < 1.29 is 5.11 Å². The Bertz CT molecular complexity index is 474. The summed E-state index contributed by atoms with van der Waals surface area (Å²) in [6.07, 6.45) is -0.555. The van der Waals surface area contributed by atoms with Crippen LogP contribution in [0.25, 0.3) is 0 Å². The third kappa shape index (κ3) is 2.15. The van der Waals surface area contributed by atoms with E-state index in [0.717, 1.165) is 22.3 Å². The monoisotopic (exact) mass is 211 g/mol. The zero-order valence-electron chi connectivity index (χ0n) is 9.35. The lowest BCUT2D eigenvalue weighted by molar-refractivity contribution is 0.220. The van der Waals surface area contributed by atoms with Crippen LogP contribution < -0.4 is 0 Å². The summed E-state index contributed by atoms with van der Waals surface area (Å²) >= 11 is 0. The number of benzene rings is 2. The maximum absolute atomic E-state index is 10.2. The molecule has 0 aromatic heterocycles. The topological polar surface area (TPSA) is 20.2 Å². The molecule has 0 fully saturated rings. The molecule has 1 radical (unpaired) electrons. The standard InChI is InChI=1S/C15H15O/c1-11-8-9-14(10-12(11)2)15(16)13-6-4-3-5-7-13/h3-10,15-16H,1H2,2H3. The molecule has 0 amide bonds. The zero-order chi connectivity index (χ0) is 11.5. The van der Waals surface area contributed by atoms with Gasteiger partial charge in [0.05, 0.1) is 0 Å². The second kappa shape index (κ2) is 4.50. The molecule has 81 valence electrons. The van der Waals surface area contributed by atoms with Crippen LogP contribution in [-0.2, 0) is 0 Å². The molecule has 0 saturated carbocycles. The Kier molecular flexibility index (Phi) is 3.07. The van der Waals surface area contributed by atoms with Crippen molar-refractivity contribution in [1.29, 1.82) is 0 Å². The molecule has 1 unspecified atom stereocenters. The first-order valence-electron chi connectivity index (χ1n) is 5.34. The van der Waals surface area contributed by atoms with Gasteiger partial charge in [0.25, 0.3) is 0 Å². The molecule has 0 spiro atoms. The molecule has 1 atom stereocenters. The van der Waals surface area contributed by atoms with Crippen LogP contribution in [0.4, 0.5) is 0 Å². The smallest absolute Gasteiger partial charge is 0.104 e. The molecule has 1 heteroatoms. The van der Waals surface area contributed by atoms with E-state index < -0.39 is 6.10 Å². The minimum atomic E-state index is -0.555. The molecule has 0 heterocycles. The summed E-state index contributed by atoms with van der Waals surface area (Å²) in [6.45, 7) is 5.92. The molecule has 2 aromatic rings. The molecule has 2 aromatic carbocycles. The third-order valence-electron chi connectivity index (χ3n) is 2.80. The van der Waals surface area contributed by atoms with Gasteiger partial charge in [0, 0.05) is 0 Å². The van der Waals surface area contributed by atoms with Gasteiger partial charge < -0.3 is 5.11 Å². The normalized spacial score (nSPS) is 12.4. The minimum Gasteiger partial charge on any atom is -0.384 e. The minimum absolute atomic E-state index is 0.555. The number of hydrogen-bond donors (Lipinski definition) is 1. The van der Waals surface area contributed by atoms with E-state index in [1.807, 2.05) is 55.5 Å². The average Bonchev–Trinajstić information content (AvgIpc) is 2.33. The van der Waals surface area contributed by atoms with E-state index in [-0.39, 0.29) is 0 Å². The first-order valence-corrected chi connectivity index (χ1v) is 5.34. The number of aliphatic hydroxyl groups excluding tert-OH is 1. The van der Waals surface area contributed by atoms with E-state index in [2.05, 4.69) is 6.92 Å². The molecular formula is C15H15O. The van der Waals surface area contributed by atoms with Gasteiger partial charge in [-0.05, 0) is 36.1 Å². The fourth-order valence-electron chi connectivity index (χ4n) is 1.72. The van der Waals surface area contributed by atoms with Gasteiger partial charge in [-0.3, -0.25) is 0 Å². The maximum atomic E-state index is 10.2. The summed E-state index contributed by atoms with van der Waals surface area (Å²) in [5.41, 5.74) is 3.94. The highest BCUT2D eigenvalue weighted by molar-refractivity contribution is 5.37. The molecule has 16 heavy (non-hydrogen) atoms. The molecule has 1 N–H and O–H groups in total. The highest BCUT2D eigenvalue weighted by atomic mass is 16.3. The first kappa shape index (κ1) is 10.9. The predicted molar refractivity (Wildman–Crippen MR) is 66.1 cm³/mol. The number of hydrogen-bond acceptors (Lipinski definition) is 1. The highest BCUT2D eigenvalue weighted by Crippen LogP contribution is 2.23. The summed E-state index contributed by atoms with van der Waals surface area (Å²) in [4.78, 5) is 0. The van der Waals surface area contributed by atoms with E-state index in [4.69, 9.17) is 0 Å². The number of aliphatic hydroxyl groups is 1. The lowest BCUT2D eigenvalue weighted by Gasteiger charge is -2.12. The Morgan fingerprint density at radius 1 is 1.00 bits per heavy atom. The summed E-state index contributed by atoms with van der Waals surface area (Å²) in [5.74, 6) is 0. The Morgan fingerprint density at radius 3 is 2.31 bits per heavy atom. The van der Waals surface area contributed by atoms with E-state index in [9.17, 15) is 5.11 Å². The van der Waals surface area contributed by atoms with Crippen molar-refractivity contribution in [3.05, 3.63) is 77.7 Å². The van der Waals surface area contributed by atoms with Gasteiger partial charge in [-0.25, -0.2) is 0 Å². The van der Waals surface area contributed by atoms with Crippen molar-refractivity contribution >= 4 is 0 Å². The van der Waals surface area contributed by atoms with Crippen LogP contribution in [0.15, 0.2) is 48.5 Å². The molecule has 0 aliphatic heterocycles. The van der Waals surface area contributed by atoms with Crippen molar-refractivity contribution in [2.24, 2.45) is 0 Å². The SMILES string of the molecule is [CH2]c1ccc(C(O)c2ccccc2)cc1C. The van der Waals surface area contributed by atoms with Crippen molar-refractivity contribution in [3.63, 3.8) is 0 Å². The number of aryl methyl sites for hydroxylation is 1. The van der Waals surface area contributed by atoms with Crippen LogP contribution in [0.1, 0.15) is 28.4 Å². The van der Waals surface area contributed by atoms with Gasteiger partial charge >= 0.3 is 0 Å². The van der Waals surface area contributed by atoms with Gasteiger partial charge in [-0.1, -0.05) is 48.5 Å². The Balaban J connectivity index is 2.34. The molecule has 0 aliphatic rings. The van der Waals surface area contributed by atoms with E-state index in [0.29, 0.717) is 0 Å². The summed E-state index contributed by atoms with van der Waals surface area (Å²) in [6, 6.07) is 15.5. The second-order valence-corrected chi connectivity index (χ2v) is 4.00. The summed E-state index contributed by atoms with van der Waals surface area (Å²) in [7, 11) is 0. The lowest BCUT2D eigenvalue weighted by atomic mass is 9.98.